The van der Waals surface area contributed by atoms with Gasteiger partial charge in [-0.25, -0.2) is 0 Å². The minimum absolute atomic E-state index is 0.400. The lowest BCUT2D eigenvalue weighted by Gasteiger charge is -2.30. The van der Waals surface area contributed by atoms with Gasteiger partial charge in [0.1, 0.15) is 17.9 Å². The molecule has 0 aliphatic carbocycles. The maximum absolute atomic E-state index is 10.1. The van der Waals surface area contributed by atoms with E-state index in [1.807, 2.05) is 4.57 Å². The Morgan fingerprint density at radius 1 is 1.18 bits per heavy atom. The molecule has 3 heterocycles. The van der Waals surface area contributed by atoms with Gasteiger partial charge in [0.05, 0.1) is 0 Å². The number of aliphatic hydroxyl groups excluding tert-OH is 1. The van der Waals surface area contributed by atoms with E-state index in [4.69, 9.17) is 0 Å². The Kier molecular flexibility index (Phi) is 2.88. The van der Waals surface area contributed by atoms with E-state index < -0.39 is 6.23 Å². The fourth-order valence-electron chi connectivity index (χ4n) is 2.95. The fraction of sp³-hybridized carbons (Fsp3) is 0.833. The van der Waals surface area contributed by atoms with Crippen LogP contribution in [-0.2, 0) is 6.42 Å². The summed E-state index contributed by atoms with van der Waals surface area (Å²) >= 11 is 0. The van der Waals surface area contributed by atoms with Crippen LogP contribution in [0.1, 0.15) is 49.5 Å². The van der Waals surface area contributed by atoms with E-state index in [2.05, 4.69) is 22.1 Å². The van der Waals surface area contributed by atoms with Crippen LogP contribution in [0.15, 0.2) is 0 Å². The van der Waals surface area contributed by atoms with Crippen molar-refractivity contribution in [3.05, 3.63) is 11.6 Å². The first kappa shape index (κ1) is 11.2. The maximum atomic E-state index is 10.1. The van der Waals surface area contributed by atoms with Gasteiger partial charge in [-0.2, -0.15) is 0 Å². The number of fused-ring (bicyclic) bond motifs is 1. The number of rotatable bonds is 1. The van der Waals surface area contributed by atoms with Gasteiger partial charge in [-0.05, 0) is 45.8 Å². The molecule has 0 saturated carbocycles. The molecule has 1 atom stereocenters. The van der Waals surface area contributed by atoms with Gasteiger partial charge in [0, 0.05) is 12.3 Å². The minimum atomic E-state index is -0.400. The fourth-order valence-corrected chi connectivity index (χ4v) is 2.95. The smallest absolute Gasteiger partial charge is 0.138 e. The zero-order valence-electron chi connectivity index (χ0n) is 10.3. The van der Waals surface area contributed by atoms with Crippen molar-refractivity contribution in [1.82, 2.24) is 19.7 Å². The highest BCUT2D eigenvalue weighted by atomic mass is 16.3. The van der Waals surface area contributed by atoms with Crippen LogP contribution >= 0.6 is 0 Å². The molecule has 0 aromatic carbocycles. The maximum Gasteiger partial charge on any atom is 0.138 e. The van der Waals surface area contributed by atoms with E-state index in [1.165, 1.54) is 0 Å². The number of nitrogens with zero attached hydrogens (tertiary/aromatic N) is 4. The Labute approximate surface area is 101 Å². The second-order valence-corrected chi connectivity index (χ2v) is 5.29. The topological polar surface area (TPSA) is 54.2 Å². The molecule has 0 bridgehead atoms. The highest BCUT2D eigenvalue weighted by Gasteiger charge is 2.29. The van der Waals surface area contributed by atoms with E-state index in [9.17, 15) is 5.11 Å². The molecular weight excluding hydrogens is 216 g/mol. The number of aromatic nitrogens is 3. The molecule has 1 aromatic rings. The van der Waals surface area contributed by atoms with Gasteiger partial charge in [0.25, 0.3) is 0 Å². The average Bonchev–Trinajstić information content (AvgIpc) is 2.75. The highest BCUT2D eigenvalue weighted by molar-refractivity contribution is 5.06. The van der Waals surface area contributed by atoms with Crippen molar-refractivity contribution in [2.24, 2.45) is 0 Å². The van der Waals surface area contributed by atoms with Crippen LogP contribution < -0.4 is 0 Å². The van der Waals surface area contributed by atoms with E-state index in [1.54, 1.807) is 0 Å². The van der Waals surface area contributed by atoms with Gasteiger partial charge in [-0.3, -0.25) is 4.57 Å². The first-order valence-electron chi connectivity index (χ1n) is 6.56. The van der Waals surface area contributed by atoms with Gasteiger partial charge < -0.3 is 10.0 Å². The molecule has 1 fully saturated rings. The van der Waals surface area contributed by atoms with Crippen molar-refractivity contribution in [3.63, 3.8) is 0 Å². The Balaban J connectivity index is 1.86. The van der Waals surface area contributed by atoms with Gasteiger partial charge in [-0.1, -0.05) is 0 Å². The number of piperidine rings is 1. The Morgan fingerprint density at radius 3 is 2.71 bits per heavy atom. The van der Waals surface area contributed by atoms with Crippen LogP contribution in [0.4, 0.5) is 0 Å². The molecule has 3 rings (SSSR count). The van der Waals surface area contributed by atoms with Crippen molar-refractivity contribution in [3.8, 4) is 0 Å². The van der Waals surface area contributed by atoms with Crippen molar-refractivity contribution in [2.75, 3.05) is 20.1 Å². The SMILES string of the molecule is CN1CCC(c2nnc3n2C(O)CCC3)CC1. The summed E-state index contributed by atoms with van der Waals surface area (Å²) in [4.78, 5) is 2.35. The summed E-state index contributed by atoms with van der Waals surface area (Å²) in [5.41, 5.74) is 0. The van der Waals surface area contributed by atoms with E-state index in [0.29, 0.717) is 5.92 Å². The quantitative estimate of drug-likeness (QED) is 0.787. The third-order valence-electron chi connectivity index (χ3n) is 4.04. The Bertz CT molecular complexity index is 395. The van der Waals surface area contributed by atoms with E-state index >= 15 is 0 Å². The average molecular weight is 236 g/mol. The highest BCUT2D eigenvalue weighted by Crippen LogP contribution is 2.31. The lowest BCUT2D eigenvalue weighted by Crippen LogP contribution is -2.31. The summed E-state index contributed by atoms with van der Waals surface area (Å²) < 4.78 is 1.99. The number of aryl methyl sites for hydroxylation is 1. The molecule has 5 nitrogen and oxygen atoms in total. The number of likely N-dealkylation sites (tertiary alicyclic amines) is 1. The molecule has 1 saturated heterocycles. The molecule has 2 aliphatic heterocycles. The molecule has 1 N–H and O–H groups in total. The van der Waals surface area contributed by atoms with Crippen LogP contribution in [-0.4, -0.2) is 44.9 Å². The van der Waals surface area contributed by atoms with Crippen LogP contribution in [0, 0.1) is 0 Å². The molecule has 0 spiro atoms. The normalized spacial score (nSPS) is 27.1. The zero-order chi connectivity index (χ0) is 11.8. The molecule has 2 aliphatic rings. The molecule has 0 radical (unpaired) electrons. The van der Waals surface area contributed by atoms with Crippen LogP contribution in [0.25, 0.3) is 0 Å². The number of hydrogen-bond donors (Lipinski definition) is 1. The summed E-state index contributed by atoms with van der Waals surface area (Å²) in [6.45, 7) is 2.23. The predicted octanol–water partition coefficient (Wildman–Crippen LogP) is 0.914. The summed E-state index contributed by atoms with van der Waals surface area (Å²) in [5.74, 6) is 2.46. The lowest BCUT2D eigenvalue weighted by molar-refractivity contribution is 0.0721. The zero-order valence-corrected chi connectivity index (χ0v) is 10.3. The van der Waals surface area contributed by atoms with E-state index in [-0.39, 0.29) is 0 Å². The predicted molar refractivity (Wildman–Crippen MR) is 63.7 cm³/mol. The number of hydrogen-bond acceptors (Lipinski definition) is 4. The van der Waals surface area contributed by atoms with Gasteiger partial charge in [-0.15, -0.1) is 10.2 Å². The Hall–Kier alpha value is -0.940. The minimum Gasteiger partial charge on any atom is -0.373 e. The molecular formula is C12H20N4O. The lowest BCUT2D eigenvalue weighted by atomic mass is 9.95. The summed E-state index contributed by atoms with van der Waals surface area (Å²) in [6.07, 6.45) is 4.67. The second-order valence-electron chi connectivity index (χ2n) is 5.29. The summed E-state index contributed by atoms with van der Waals surface area (Å²) in [7, 11) is 2.16. The third kappa shape index (κ3) is 1.98. The van der Waals surface area contributed by atoms with E-state index in [0.717, 1.165) is 56.8 Å². The van der Waals surface area contributed by atoms with Crippen LogP contribution in [0.3, 0.4) is 0 Å². The number of aliphatic hydroxyl groups is 1. The van der Waals surface area contributed by atoms with Crippen molar-refractivity contribution in [1.29, 1.82) is 0 Å². The van der Waals surface area contributed by atoms with Gasteiger partial charge in [0.15, 0.2) is 0 Å². The molecule has 94 valence electrons. The molecule has 1 unspecified atom stereocenters. The molecule has 17 heavy (non-hydrogen) atoms. The van der Waals surface area contributed by atoms with Crippen LogP contribution in [0.5, 0.6) is 0 Å². The van der Waals surface area contributed by atoms with Gasteiger partial charge >= 0.3 is 0 Å². The van der Waals surface area contributed by atoms with Crippen molar-refractivity contribution < 1.29 is 5.11 Å². The largest absolute Gasteiger partial charge is 0.373 e. The third-order valence-corrected chi connectivity index (χ3v) is 4.04. The first-order valence-corrected chi connectivity index (χ1v) is 6.56. The summed E-state index contributed by atoms with van der Waals surface area (Å²) in [6, 6.07) is 0. The van der Waals surface area contributed by atoms with Crippen molar-refractivity contribution in [2.45, 2.75) is 44.2 Å². The Morgan fingerprint density at radius 2 is 1.94 bits per heavy atom. The molecule has 5 heteroatoms. The first-order chi connectivity index (χ1) is 8.25. The standard InChI is InChI=1S/C12H20N4O/c1-15-7-5-9(6-8-15)12-14-13-10-3-2-4-11(17)16(10)12/h9,11,17H,2-8H2,1H3. The second kappa shape index (κ2) is 4.38. The van der Waals surface area contributed by atoms with Gasteiger partial charge in [0.2, 0.25) is 0 Å². The van der Waals surface area contributed by atoms with Crippen LogP contribution in [0.2, 0.25) is 0 Å². The summed E-state index contributed by atoms with van der Waals surface area (Å²) in [5, 5.41) is 18.7. The molecule has 1 aromatic heterocycles. The molecule has 0 amide bonds. The van der Waals surface area contributed by atoms with Crippen molar-refractivity contribution >= 4 is 0 Å². The monoisotopic (exact) mass is 236 g/mol.